The standard InChI is InChI=1S/C18H19NO6/c1-4-24-17-11-14(8-9-16(17)23-3)18(20)25-12(2)13-6-5-7-15(10-13)19(21)22/h5-12H,4H2,1-3H3/t12-/m1/s1. The van der Waals surface area contributed by atoms with Crippen molar-refractivity contribution in [3.8, 4) is 11.5 Å². The molecule has 0 heterocycles. The number of nitro groups is 1. The van der Waals surface area contributed by atoms with Crippen LogP contribution < -0.4 is 9.47 Å². The summed E-state index contributed by atoms with van der Waals surface area (Å²) in [5, 5.41) is 10.9. The van der Waals surface area contributed by atoms with Gasteiger partial charge in [0.1, 0.15) is 6.10 Å². The first kappa shape index (κ1) is 18.3. The van der Waals surface area contributed by atoms with E-state index < -0.39 is 17.0 Å². The number of nitro benzene ring substituents is 1. The van der Waals surface area contributed by atoms with Crippen molar-refractivity contribution >= 4 is 11.7 Å². The lowest BCUT2D eigenvalue weighted by Gasteiger charge is -2.15. The molecule has 0 amide bonds. The molecule has 0 aromatic heterocycles. The van der Waals surface area contributed by atoms with Gasteiger partial charge in [0.05, 0.1) is 24.2 Å². The summed E-state index contributed by atoms with van der Waals surface area (Å²) in [7, 11) is 1.51. The molecule has 0 fully saturated rings. The zero-order valence-electron chi connectivity index (χ0n) is 14.2. The number of hydrogen-bond donors (Lipinski definition) is 0. The molecule has 0 N–H and O–H groups in total. The van der Waals surface area contributed by atoms with E-state index in [1.54, 1.807) is 37.3 Å². The number of nitrogens with zero attached hydrogens (tertiary/aromatic N) is 1. The largest absolute Gasteiger partial charge is 0.493 e. The molecular weight excluding hydrogens is 326 g/mol. The summed E-state index contributed by atoms with van der Waals surface area (Å²) in [6.07, 6.45) is -0.634. The molecule has 2 aromatic carbocycles. The summed E-state index contributed by atoms with van der Waals surface area (Å²) in [5.41, 5.74) is 0.797. The maximum atomic E-state index is 12.4. The van der Waals surface area contributed by atoms with E-state index in [2.05, 4.69) is 0 Å². The van der Waals surface area contributed by atoms with Crippen molar-refractivity contribution in [1.29, 1.82) is 0 Å². The first-order chi connectivity index (χ1) is 12.0. The van der Waals surface area contributed by atoms with E-state index in [1.807, 2.05) is 6.92 Å². The van der Waals surface area contributed by atoms with Gasteiger partial charge in [-0.05, 0) is 37.6 Å². The van der Waals surface area contributed by atoms with Crippen LogP contribution in [0, 0.1) is 10.1 Å². The summed E-state index contributed by atoms with van der Waals surface area (Å²) >= 11 is 0. The quantitative estimate of drug-likeness (QED) is 0.429. The van der Waals surface area contributed by atoms with Crippen molar-refractivity contribution in [2.24, 2.45) is 0 Å². The maximum Gasteiger partial charge on any atom is 0.338 e. The third-order valence-electron chi connectivity index (χ3n) is 3.53. The Hall–Kier alpha value is -3.09. The smallest absolute Gasteiger partial charge is 0.338 e. The number of esters is 1. The molecule has 0 aliphatic rings. The molecule has 7 heteroatoms. The molecule has 132 valence electrons. The van der Waals surface area contributed by atoms with Gasteiger partial charge in [-0.1, -0.05) is 12.1 Å². The minimum Gasteiger partial charge on any atom is -0.493 e. The number of non-ortho nitro benzene ring substituents is 1. The van der Waals surface area contributed by atoms with Crippen LogP contribution in [-0.4, -0.2) is 24.6 Å². The lowest BCUT2D eigenvalue weighted by molar-refractivity contribution is -0.385. The van der Waals surface area contributed by atoms with Crippen LogP contribution in [-0.2, 0) is 4.74 Å². The van der Waals surface area contributed by atoms with E-state index >= 15 is 0 Å². The average Bonchev–Trinajstić information content (AvgIpc) is 2.61. The lowest BCUT2D eigenvalue weighted by atomic mass is 10.1. The van der Waals surface area contributed by atoms with Crippen LogP contribution in [0.3, 0.4) is 0 Å². The van der Waals surface area contributed by atoms with Gasteiger partial charge in [0.2, 0.25) is 0 Å². The Kier molecular flexibility index (Phi) is 5.94. The van der Waals surface area contributed by atoms with E-state index in [-0.39, 0.29) is 5.69 Å². The molecule has 0 aliphatic heterocycles. The minimum atomic E-state index is -0.634. The van der Waals surface area contributed by atoms with Crippen molar-refractivity contribution in [3.05, 3.63) is 63.7 Å². The van der Waals surface area contributed by atoms with Crippen LogP contribution in [0.25, 0.3) is 0 Å². The monoisotopic (exact) mass is 345 g/mol. The predicted molar refractivity (Wildman–Crippen MR) is 91.1 cm³/mol. The van der Waals surface area contributed by atoms with E-state index in [9.17, 15) is 14.9 Å². The Labute approximate surface area is 145 Å². The minimum absolute atomic E-state index is 0.0523. The Morgan fingerprint density at radius 2 is 1.96 bits per heavy atom. The zero-order chi connectivity index (χ0) is 18.4. The second kappa shape index (κ2) is 8.14. The van der Waals surface area contributed by atoms with Gasteiger partial charge >= 0.3 is 5.97 Å². The number of carbonyl (C=O) groups excluding carboxylic acids is 1. The number of rotatable bonds is 7. The topological polar surface area (TPSA) is 87.9 Å². The molecule has 2 aromatic rings. The molecular formula is C18H19NO6. The first-order valence-corrected chi connectivity index (χ1v) is 7.72. The van der Waals surface area contributed by atoms with Crippen LogP contribution >= 0.6 is 0 Å². The number of ether oxygens (including phenoxy) is 3. The average molecular weight is 345 g/mol. The second-order valence-corrected chi connectivity index (χ2v) is 5.20. The summed E-state index contributed by atoms with van der Waals surface area (Å²) in [4.78, 5) is 22.7. The fourth-order valence-corrected chi connectivity index (χ4v) is 2.26. The van der Waals surface area contributed by atoms with Gasteiger partial charge in [-0.15, -0.1) is 0 Å². The summed E-state index contributed by atoms with van der Waals surface area (Å²) < 4.78 is 16.0. The fourth-order valence-electron chi connectivity index (χ4n) is 2.26. The van der Waals surface area contributed by atoms with E-state index in [4.69, 9.17) is 14.2 Å². The van der Waals surface area contributed by atoms with Crippen molar-refractivity contribution in [2.45, 2.75) is 20.0 Å². The summed E-state index contributed by atoms with van der Waals surface area (Å²) in [6.45, 7) is 3.91. The molecule has 7 nitrogen and oxygen atoms in total. The molecule has 0 spiro atoms. The van der Waals surface area contributed by atoms with Gasteiger partial charge < -0.3 is 14.2 Å². The zero-order valence-corrected chi connectivity index (χ0v) is 14.2. The van der Waals surface area contributed by atoms with Crippen molar-refractivity contribution in [1.82, 2.24) is 0 Å². The second-order valence-electron chi connectivity index (χ2n) is 5.20. The highest BCUT2D eigenvalue weighted by Crippen LogP contribution is 2.29. The molecule has 2 rings (SSSR count). The highest BCUT2D eigenvalue weighted by molar-refractivity contribution is 5.90. The Bertz CT molecular complexity index is 774. The normalized spacial score (nSPS) is 11.5. The van der Waals surface area contributed by atoms with Gasteiger partial charge in [-0.3, -0.25) is 10.1 Å². The maximum absolute atomic E-state index is 12.4. The van der Waals surface area contributed by atoms with Gasteiger partial charge in [0.15, 0.2) is 11.5 Å². The van der Waals surface area contributed by atoms with E-state index in [1.165, 1.54) is 19.2 Å². The molecule has 0 unspecified atom stereocenters. The highest BCUT2D eigenvalue weighted by Gasteiger charge is 2.18. The van der Waals surface area contributed by atoms with Gasteiger partial charge in [0, 0.05) is 12.1 Å². The third-order valence-corrected chi connectivity index (χ3v) is 3.53. The van der Waals surface area contributed by atoms with Crippen LogP contribution in [0.4, 0.5) is 5.69 Å². The molecule has 1 atom stereocenters. The summed E-state index contributed by atoms with van der Waals surface area (Å²) in [6, 6.07) is 10.7. The first-order valence-electron chi connectivity index (χ1n) is 7.72. The van der Waals surface area contributed by atoms with Crippen molar-refractivity contribution in [3.63, 3.8) is 0 Å². The van der Waals surface area contributed by atoms with Crippen LogP contribution in [0.15, 0.2) is 42.5 Å². The van der Waals surface area contributed by atoms with Crippen molar-refractivity contribution < 1.29 is 23.9 Å². The predicted octanol–water partition coefficient (Wildman–Crippen LogP) is 3.92. The lowest BCUT2D eigenvalue weighted by Crippen LogP contribution is -2.10. The highest BCUT2D eigenvalue weighted by atomic mass is 16.6. The molecule has 0 radical (unpaired) electrons. The molecule has 0 saturated heterocycles. The van der Waals surface area contributed by atoms with E-state index in [0.29, 0.717) is 29.2 Å². The van der Waals surface area contributed by atoms with Gasteiger partial charge in [0.25, 0.3) is 5.69 Å². The third kappa shape index (κ3) is 4.47. The SMILES string of the molecule is CCOc1cc(C(=O)O[C@H](C)c2cccc([N+](=O)[O-])c2)ccc1OC. The number of hydrogen-bond acceptors (Lipinski definition) is 6. The van der Waals surface area contributed by atoms with Crippen LogP contribution in [0.1, 0.15) is 35.9 Å². The van der Waals surface area contributed by atoms with Crippen LogP contribution in [0.5, 0.6) is 11.5 Å². The Balaban J connectivity index is 2.17. The van der Waals surface area contributed by atoms with Gasteiger partial charge in [-0.25, -0.2) is 4.79 Å². The van der Waals surface area contributed by atoms with Crippen molar-refractivity contribution in [2.75, 3.05) is 13.7 Å². The molecule has 0 saturated carbocycles. The van der Waals surface area contributed by atoms with E-state index in [0.717, 1.165) is 0 Å². The van der Waals surface area contributed by atoms with Crippen LogP contribution in [0.2, 0.25) is 0 Å². The molecule has 0 aliphatic carbocycles. The number of carbonyl (C=O) groups is 1. The Morgan fingerprint density at radius 1 is 1.20 bits per heavy atom. The van der Waals surface area contributed by atoms with Gasteiger partial charge in [-0.2, -0.15) is 0 Å². The fraction of sp³-hybridized carbons (Fsp3) is 0.278. The Morgan fingerprint density at radius 3 is 2.60 bits per heavy atom. The summed E-state index contributed by atoms with van der Waals surface area (Å²) in [5.74, 6) is 0.412. The molecule has 0 bridgehead atoms. The number of benzene rings is 2. The number of methoxy groups -OCH3 is 1. The molecule has 25 heavy (non-hydrogen) atoms.